The zero-order chi connectivity index (χ0) is 15.3. The minimum Gasteiger partial charge on any atom is -0.303 e. The first-order chi connectivity index (χ1) is 9.99. The zero-order valence-corrected chi connectivity index (χ0v) is 14.2. The fourth-order valence-corrected chi connectivity index (χ4v) is 3.32. The molecule has 1 aliphatic heterocycles. The Morgan fingerprint density at radius 1 is 1.29 bits per heavy atom. The van der Waals surface area contributed by atoms with Gasteiger partial charge in [-0.25, -0.2) is 0 Å². The molecule has 2 rings (SSSR count). The van der Waals surface area contributed by atoms with Crippen LogP contribution < -0.4 is 5.32 Å². The molecule has 1 saturated heterocycles. The van der Waals surface area contributed by atoms with Gasteiger partial charge in [0.15, 0.2) is 0 Å². The monoisotopic (exact) mass is 291 g/mol. The summed E-state index contributed by atoms with van der Waals surface area (Å²) in [5.74, 6) is 0. The summed E-state index contributed by atoms with van der Waals surface area (Å²) in [5.41, 5.74) is 0.286. The van der Waals surface area contributed by atoms with Crippen LogP contribution in [-0.4, -0.2) is 36.1 Å². The SMILES string of the molecule is CCC1(C)CCN(CCCCC(C)(C#N)NC2CC2)CC1. The second-order valence-electron chi connectivity index (χ2n) is 7.83. The van der Waals surface area contributed by atoms with Gasteiger partial charge in [-0.3, -0.25) is 5.32 Å². The van der Waals surface area contributed by atoms with Crippen LogP contribution in [0, 0.1) is 16.7 Å². The van der Waals surface area contributed by atoms with Crippen molar-refractivity contribution in [2.24, 2.45) is 5.41 Å². The van der Waals surface area contributed by atoms with Crippen LogP contribution in [0.2, 0.25) is 0 Å². The van der Waals surface area contributed by atoms with Crippen molar-refractivity contribution in [3.8, 4) is 6.07 Å². The molecule has 0 aromatic carbocycles. The summed E-state index contributed by atoms with van der Waals surface area (Å²) in [5, 5.41) is 12.9. The number of hydrogen-bond acceptors (Lipinski definition) is 3. The Morgan fingerprint density at radius 3 is 2.48 bits per heavy atom. The first-order valence-electron chi connectivity index (χ1n) is 8.90. The number of unbranched alkanes of at least 4 members (excludes halogenated alkanes) is 1. The summed E-state index contributed by atoms with van der Waals surface area (Å²) < 4.78 is 0. The molecule has 1 saturated carbocycles. The Balaban J connectivity index is 1.60. The van der Waals surface area contributed by atoms with Gasteiger partial charge in [0.05, 0.1) is 6.07 Å². The van der Waals surface area contributed by atoms with Gasteiger partial charge in [-0.2, -0.15) is 5.26 Å². The Bertz CT molecular complexity index is 361. The molecular formula is C18H33N3. The highest BCUT2D eigenvalue weighted by atomic mass is 15.1. The highest BCUT2D eigenvalue weighted by molar-refractivity contribution is 5.06. The van der Waals surface area contributed by atoms with E-state index in [2.05, 4.69) is 37.1 Å². The van der Waals surface area contributed by atoms with E-state index >= 15 is 0 Å². The van der Waals surface area contributed by atoms with Gasteiger partial charge >= 0.3 is 0 Å². The lowest BCUT2D eigenvalue weighted by atomic mass is 9.78. The third-order valence-corrected chi connectivity index (χ3v) is 5.66. The van der Waals surface area contributed by atoms with E-state index in [1.807, 2.05) is 0 Å². The van der Waals surface area contributed by atoms with E-state index in [-0.39, 0.29) is 5.54 Å². The fourth-order valence-electron chi connectivity index (χ4n) is 3.32. The molecule has 0 aromatic rings. The Kier molecular flexibility index (Phi) is 5.68. The second kappa shape index (κ2) is 7.11. The summed E-state index contributed by atoms with van der Waals surface area (Å²) >= 11 is 0. The highest BCUT2D eigenvalue weighted by Crippen LogP contribution is 2.34. The summed E-state index contributed by atoms with van der Waals surface area (Å²) in [7, 11) is 0. The lowest BCUT2D eigenvalue weighted by Gasteiger charge is -2.39. The molecule has 1 N–H and O–H groups in total. The minimum atomic E-state index is -0.302. The number of nitrogens with zero attached hydrogens (tertiary/aromatic N) is 2. The number of nitrogens with one attached hydrogen (secondary N) is 1. The first kappa shape index (κ1) is 16.8. The predicted molar refractivity (Wildman–Crippen MR) is 88.1 cm³/mol. The van der Waals surface area contributed by atoms with Gasteiger partial charge in [0.2, 0.25) is 0 Å². The van der Waals surface area contributed by atoms with E-state index in [0.717, 1.165) is 12.8 Å². The second-order valence-corrected chi connectivity index (χ2v) is 7.83. The normalized spacial score (nSPS) is 25.2. The molecule has 21 heavy (non-hydrogen) atoms. The van der Waals surface area contributed by atoms with Gasteiger partial charge in [0.25, 0.3) is 0 Å². The summed E-state index contributed by atoms with van der Waals surface area (Å²) in [6.07, 6.45) is 9.89. The van der Waals surface area contributed by atoms with Gasteiger partial charge < -0.3 is 4.90 Å². The molecule has 2 fully saturated rings. The van der Waals surface area contributed by atoms with E-state index in [4.69, 9.17) is 0 Å². The standard InChI is InChI=1S/C18H33N3/c1-4-17(2)10-13-21(14-11-17)12-6-5-9-18(3,15-19)20-16-7-8-16/h16,20H,4-14H2,1-3H3. The molecule has 1 unspecified atom stereocenters. The molecule has 0 radical (unpaired) electrons. The molecular weight excluding hydrogens is 258 g/mol. The van der Waals surface area contributed by atoms with Crippen LogP contribution >= 0.6 is 0 Å². The third kappa shape index (κ3) is 5.27. The van der Waals surface area contributed by atoms with Crippen LogP contribution in [0.4, 0.5) is 0 Å². The number of piperidine rings is 1. The van der Waals surface area contributed by atoms with E-state index in [1.54, 1.807) is 0 Å². The van der Waals surface area contributed by atoms with Crippen LogP contribution in [0.3, 0.4) is 0 Å². The fraction of sp³-hybridized carbons (Fsp3) is 0.944. The predicted octanol–water partition coefficient (Wildman–Crippen LogP) is 3.70. The van der Waals surface area contributed by atoms with Crippen LogP contribution in [0.5, 0.6) is 0 Å². The number of hydrogen-bond donors (Lipinski definition) is 1. The van der Waals surface area contributed by atoms with Crippen LogP contribution in [-0.2, 0) is 0 Å². The van der Waals surface area contributed by atoms with Crippen molar-refractivity contribution in [2.75, 3.05) is 19.6 Å². The summed E-state index contributed by atoms with van der Waals surface area (Å²) in [6, 6.07) is 3.10. The van der Waals surface area contributed by atoms with Gasteiger partial charge in [-0.15, -0.1) is 0 Å². The van der Waals surface area contributed by atoms with Crippen molar-refractivity contribution in [3.63, 3.8) is 0 Å². The van der Waals surface area contributed by atoms with Crippen LogP contribution in [0.25, 0.3) is 0 Å². The highest BCUT2D eigenvalue weighted by Gasteiger charge is 2.32. The molecule has 0 amide bonds. The molecule has 1 atom stereocenters. The summed E-state index contributed by atoms with van der Waals surface area (Å²) in [6.45, 7) is 10.6. The van der Waals surface area contributed by atoms with E-state index in [9.17, 15) is 5.26 Å². The van der Waals surface area contributed by atoms with Crippen molar-refractivity contribution in [1.82, 2.24) is 10.2 Å². The minimum absolute atomic E-state index is 0.302. The molecule has 0 bridgehead atoms. The van der Waals surface area contributed by atoms with Crippen molar-refractivity contribution >= 4 is 0 Å². The molecule has 1 aliphatic carbocycles. The maximum absolute atomic E-state index is 9.37. The van der Waals surface area contributed by atoms with E-state index in [1.165, 1.54) is 58.2 Å². The lowest BCUT2D eigenvalue weighted by molar-refractivity contribution is 0.113. The largest absolute Gasteiger partial charge is 0.303 e. The van der Waals surface area contributed by atoms with Crippen molar-refractivity contribution in [1.29, 1.82) is 5.26 Å². The van der Waals surface area contributed by atoms with Gasteiger partial charge in [0.1, 0.15) is 5.54 Å². The number of nitriles is 1. The smallest absolute Gasteiger partial charge is 0.104 e. The molecule has 120 valence electrons. The molecule has 0 aromatic heterocycles. The van der Waals surface area contributed by atoms with Crippen LogP contribution in [0.1, 0.15) is 72.1 Å². The number of likely N-dealkylation sites (tertiary alicyclic amines) is 1. The molecule has 1 heterocycles. The van der Waals surface area contributed by atoms with Crippen LogP contribution in [0.15, 0.2) is 0 Å². The van der Waals surface area contributed by atoms with E-state index in [0.29, 0.717) is 11.5 Å². The Hall–Kier alpha value is -0.590. The van der Waals surface area contributed by atoms with Crippen molar-refractivity contribution in [2.45, 2.75) is 83.7 Å². The maximum atomic E-state index is 9.37. The van der Waals surface area contributed by atoms with Crippen molar-refractivity contribution < 1.29 is 0 Å². The average molecular weight is 291 g/mol. The van der Waals surface area contributed by atoms with Crippen molar-refractivity contribution in [3.05, 3.63) is 0 Å². The quantitative estimate of drug-likeness (QED) is 0.693. The van der Waals surface area contributed by atoms with Gasteiger partial charge in [-0.05, 0) is 76.9 Å². The zero-order valence-electron chi connectivity index (χ0n) is 14.2. The maximum Gasteiger partial charge on any atom is 0.104 e. The summed E-state index contributed by atoms with van der Waals surface area (Å²) in [4.78, 5) is 2.62. The van der Waals surface area contributed by atoms with E-state index < -0.39 is 0 Å². The molecule has 3 nitrogen and oxygen atoms in total. The lowest BCUT2D eigenvalue weighted by Crippen LogP contribution is -2.42. The Labute approximate surface area is 131 Å². The third-order valence-electron chi connectivity index (χ3n) is 5.66. The molecule has 2 aliphatic rings. The number of rotatable bonds is 8. The average Bonchev–Trinajstić information content (AvgIpc) is 3.29. The first-order valence-corrected chi connectivity index (χ1v) is 8.90. The topological polar surface area (TPSA) is 39.1 Å². The van der Waals surface area contributed by atoms with Gasteiger partial charge in [0, 0.05) is 6.04 Å². The molecule has 3 heteroatoms. The Morgan fingerprint density at radius 2 is 1.95 bits per heavy atom. The molecule has 0 spiro atoms. The van der Waals surface area contributed by atoms with Gasteiger partial charge in [-0.1, -0.05) is 20.3 Å².